The van der Waals surface area contributed by atoms with Crippen molar-refractivity contribution in [1.82, 2.24) is 15.6 Å². The molecule has 0 saturated carbocycles. The molecule has 0 spiro atoms. The Kier molecular flexibility index (Phi) is 6.32. The van der Waals surface area contributed by atoms with Crippen LogP contribution in [0.15, 0.2) is 59.7 Å². The Morgan fingerprint density at radius 3 is 2.59 bits per heavy atom. The average molecular weight is 410 g/mol. The van der Waals surface area contributed by atoms with E-state index in [1.807, 2.05) is 0 Å². The molecular formula is C18H14N6O4S. The van der Waals surface area contributed by atoms with E-state index in [4.69, 9.17) is 0 Å². The van der Waals surface area contributed by atoms with Crippen LogP contribution in [0.4, 0.5) is 10.8 Å². The van der Waals surface area contributed by atoms with E-state index in [-0.39, 0.29) is 28.7 Å². The number of hydrazone groups is 1. The molecule has 0 aliphatic heterocycles. The first-order valence-electron chi connectivity index (χ1n) is 8.27. The first-order valence-corrected chi connectivity index (χ1v) is 9.08. The Bertz CT molecular complexity index is 1070. The van der Waals surface area contributed by atoms with Crippen LogP contribution in [0.5, 0.6) is 0 Å². The van der Waals surface area contributed by atoms with Crippen molar-refractivity contribution < 1.29 is 14.5 Å². The van der Waals surface area contributed by atoms with Gasteiger partial charge in [0, 0.05) is 11.6 Å². The molecule has 0 radical (unpaired) electrons. The number of para-hydroxylation sites is 1. The maximum absolute atomic E-state index is 12.1. The largest absolute Gasteiger partial charge is 0.296 e. The Morgan fingerprint density at radius 2 is 1.83 bits per heavy atom. The zero-order valence-electron chi connectivity index (χ0n) is 14.8. The predicted octanol–water partition coefficient (Wildman–Crippen LogP) is 2.39. The summed E-state index contributed by atoms with van der Waals surface area (Å²) in [6.45, 7) is 0. The van der Waals surface area contributed by atoms with Crippen LogP contribution in [0.1, 0.15) is 20.9 Å². The van der Waals surface area contributed by atoms with Crippen LogP contribution >= 0.6 is 11.3 Å². The van der Waals surface area contributed by atoms with Gasteiger partial charge in [0.05, 0.1) is 23.1 Å². The molecule has 2 aromatic carbocycles. The summed E-state index contributed by atoms with van der Waals surface area (Å²) in [5, 5.41) is 25.6. The van der Waals surface area contributed by atoms with E-state index >= 15 is 0 Å². The molecule has 3 aromatic rings. The molecule has 0 bridgehead atoms. The van der Waals surface area contributed by atoms with Crippen molar-refractivity contribution >= 4 is 40.2 Å². The molecule has 0 atom stereocenters. The second kappa shape index (κ2) is 9.28. The number of carbonyl (C=O) groups is 2. The van der Waals surface area contributed by atoms with Gasteiger partial charge < -0.3 is 0 Å². The minimum Gasteiger partial charge on any atom is -0.296 e. The summed E-state index contributed by atoms with van der Waals surface area (Å²) >= 11 is 1.06. The van der Waals surface area contributed by atoms with Gasteiger partial charge in [-0.1, -0.05) is 41.7 Å². The van der Waals surface area contributed by atoms with E-state index in [1.54, 1.807) is 36.4 Å². The lowest BCUT2D eigenvalue weighted by atomic mass is 10.2. The molecule has 0 saturated heterocycles. The van der Waals surface area contributed by atoms with E-state index in [9.17, 15) is 19.7 Å². The van der Waals surface area contributed by atoms with Gasteiger partial charge in [0.25, 0.3) is 11.6 Å². The normalized spacial score (nSPS) is 10.6. The summed E-state index contributed by atoms with van der Waals surface area (Å²) in [5.74, 6) is -0.802. The molecule has 2 amide bonds. The summed E-state index contributed by atoms with van der Waals surface area (Å²) in [6, 6.07) is 14.7. The van der Waals surface area contributed by atoms with Crippen LogP contribution < -0.4 is 10.7 Å². The van der Waals surface area contributed by atoms with Crippen LogP contribution in [0, 0.1) is 10.1 Å². The highest BCUT2D eigenvalue weighted by molar-refractivity contribution is 7.15. The molecule has 3 rings (SSSR count). The number of hydrogen-bond donors (Lipinski definition) is 2. The summed E-state index contributed by atoms with van der Waals surface area (Å²) in [5.41, 5.74) is 2.91. The first kappa shape index (κ1) is 19.8. The third-order valence-corrected chi connectivity index (χ3v) is 4.40. The monoisotopic (exact) mass is 410 g/mol. The predicted molar refractivity (Wildman–Crippen MR) is 107 cm³/mol. The summed E-state index contributed by atoms with van der Waals surface area (Å²) in [7, 11) is 0. The highest BCUT2D eigenvalue weighted by Gasteiger charge is 2.13. The van der Waals surface area contributed by atoms with Crippen molar-refractivity contribution in [1.29, 1.82) is 0 Å². The minimum atomic E-state index is -0.532. The van der Waals surface area contributed by atoms with Gasteiger partial charge in [0.1, 0.15) is 5.01 Å². The smallest absolute Gasteiger partial charge is 0.278 e. The van der Waals surface area contributed by atoms with Crippen molar-refractivity contribution in [3.8, 4) is 0 Å². The van der Waals surface area contributed by atoms with Crippen molar-refractivity contribution in [2.45, 2.75) is 6.42 Å². The molecule has 146 valence electrons. The number of anilines is 1. The van der Waals surface area contributed by atoms with Gasteiger partial charge in [-0.15, -0.1) is 10.2 Å². The van der Waals surface area contributed by atoms with Crippen LogP contribution in [-0.4, -0.2) is 33.1 Å². The van der Waals surface area contributed by atoms with Gasteiger partial charge in [-0.3, -0.25) is 25.0 Å². The molecule has 0 unspecified atom stereocenters. The van der Waals surface area contributed by atoms with Crippen molar-refractivity contribution in [3.63, 3.8) is 0 Å². The van der Waals surface area contributed by atoms with Crippen molar-refractivity contribution in [2.75, 3.05) is 5.32 Å². The number of nitro benzene ring substituents is 1. The fraction of sp³-hybridized carbons (Fsp3) is 0.0556. The maximum atomic E-state index is 12.1. The standard InChI is InChI=1S/C18H14N6O4S/c25-15(21-19-11-13-8-4-5-9-14(13)24(27)28)10-16-22-23-18(29-16)20-17(26)12-6-2-1-3-7-12/h1-9,11H,10H2,(H,21,25)(H,20,23,26)/b19-11+. The van der Waals surface area contributed by atoms with Gasteiger partial charge in [0.2, 0.25) is 11.0 Å². The maximum Gasteiger partial charge on any atom is 0.278 e. The molecular weight excluding hydrogens is 396 g/mol. The lowest BCUT2D eigenvalue weighted by molar-refractivity contribution is -0.385. The summed E-state index contributed by atoms with van der Waals surface area (Å²) in [6.07, 6.45) is 1.09. The number of rotatable bonds is 7. The molecule has 29 heavy (non-hydrogen) atoms. The van der Waals surface area contributed by atoms with Gasteiger partial charge in [-0.2, -0.15) is 5.10 Å². The number of benzene rings is 2. The van der Waals surface area contributed by atoms with Crippen molar-refractivity contribution in [3.05, 3.63) is 80.8 Å². The third-order valence-electron chi connectivity index (χ3n) is 3.56. The fourth-order valence-corrected chi connectivity index (χ4v) is 2.98. The van der Waals surface area contributed by atoms with Crippen LogP contribution in [-0.2, 0) is 11.2 Å². The molecule has 11 heteroatoms. The summed E-state index contributed by atoms with van der Waals surface area (Å²) < 4.78 is 0. The summed E-state index contributed by atoms with van der Waals surface area (Å²) in [4.78, 5) is 34.5. The number of carbonyl (C=O) groups excluding carboxylic acids is 2. The van der Waals surface area contributed by atoms with Gasteiger partial charge in [-0.05, 0) is 18.2 Å². The number of aromatic nitrogens is 2. The lowest BCUT2D eigenvalue weighted by Crippen LogP contribution is -2.19. The second-order valence-corrected chi connectivity index (χ2v) is 6.67. The van der Waals surface area contributed by atoms with Crippen molar-refractivity contribution in [2.24, 2.45) is 5.10 Å². The molecule has 1 aromatic heterocycles. The zero-order valence-corrected chi connectivity index (χ0v) is 15.6. The number of hydrogen-bond acceptors (Lipinski definition) is 8. The van der Waals surface area contributed by atoms with Crippen LogP contribution in [0.3, 0.4) is 0 Å². The van der Waals surface area contributed by atoms with Gasteiger partial charge in [0.15, 0.2) is 0 Å². The van der Waals surface area contributed by atoms with E-state index in [1.165, 1.54) is 24.4 Å². The molecule has 1 heterocycles. The molecule has 0 aliphatic rings. The number of amides is 2. The van der Waals surface area contributed by atoms with E-state index in [0.29, 0.717) is 10.6 Å². The molecule has 0 aliphatic carbocycles. The Balaban J connectivity index is 1.54. The third kappa shape index (κ3) is 5.49. The highest BCUT2D eigenvalue weighted by Crippen LogP contribution is 2.17. The van der Waals surface area contributed by atoms with Crippen LogP contribution in [0.25, 0.3) is 0 Å². The topological polar surface area (TPSA) is 139 Å². The van der Waals surface area contributed by atoms with E-state index in [0.717, 1.165) is 11.3 Å². The Labute approximate surface area is 168 Å². The minimum absolute atomic E-state index is 0.104. The first-order chi connectivity index (χ1) is 14.0. The Morgan fingerprint density at radius 1 is 1.10 bits per heavy atom. The SMILES string of the molecule is O=C(Cc1nnc(NC(=O)c2ccccc2)s1)N/N=C/c1ccccc1[N+](=O)[O-]. The fourth-order valence-electron chi connectivity index (χ4n) is 2.25. The van der Waals surface area contributed by atoms with Gasteiger partial charge >= 0.3 is 0 Å². The molecule has 10 nitrogen and oxygen atoms in total. The zero-order chi connectivity index (χ0) is 20.6. The molecule has 0 fully saturated rings. The van der Waals surface area contributed by atoms with Gasteiger partial charge in [-0.25, -0.2) is 5.43 Å². The quantitative estimate of drug-likeness (QED) is 0.348. The van der Waals surface area contributed by atoms with E-state index in [2.05, 4.69) is 26.0 Å². The number of nitrogens with zero attached hydrogens (tertiary/aromatic N) is 4. The molecule has 2 N–H and O–H groups in total. The Hall–Kier alpha value is -3.99. The lowest BCUT2D eigenvalue weighted by Gasteiger charge is -1.99. The average Bonchev–Trinajstić information content (AvgIpc) is 3.15. The number of nitro groups is 1. The van der Waals surface area contributed by atoms with Crippen LogP contribution in [0.2, 0.25) is 0 Å². The number of nitrogens with one attached hydrogen (secondary N) is 2. The highest BCUT2D eigenvalue weighted by atomic mass is 32.1. The second-order valence-electron chi connectivity index (χ2n) is 5.61. The van der Waals surface area contributed by atoms with E-state index < -0.39 is 10.8 Å².